The van der Waals surface area contributed by atoms with Gasteiger partial charge in [-0.3, -0.25) is 9.36 Å². The topological polar surface area (TPSA) is 73.5 Å². The van der Waals surface area contributed by atoms with Gasteiger partial charge in [-0.15, -0.1) is 10.2 Å². The fourth-order valence-corrected chi connectivity index (χ4v) is 1.06. The Labute approximate surface area is 80.8 Å². The summed E-state index contributed by atoms with van der Waals surface area (Å²) in [6.45, 7) is 0.619. The van der Waals surface area contributed by atoms with E-state index in [1.165, 1.54) is 0 Å². The Balaban J connectivity index is 1.98. The monoisotopic (exact) mass is 193 g/mol. The fourth-order valence-electron chi connectivity index (χ4n) is 1.06. The highest BCUT2D eigenvalue weighted by Gasteiger charge is 2.01. The molecular formula is C7H11N7. The SMILES string of the molecule is Cn1cnc(NCc2cnnn2C)n1. The number of aromatic nitrogens is 6. The van der Waals surface area contributed by atoms with Crippen LogP contribution < -0.4 is 5.32 Å². The molecule has 0 aliphatic heterocycles. The lowest BCUT2D eigenvalue weighted by molar-refractivity contribution is 0.682. The van der Waals surface area contributed by atoms with E-state index in [2.05, 4.69) is 25.7 Å². The van der Waals surface area contributed by atoms with Gasteiger partial charge in [-0.2, -0.15) is 0 Å². The Morgan fingerprint density at radius 1 is 1.43 bits per heavy atom. The minimum atomic E-state index is 0.605. The smallest absolute Gasteiger partial charge is 0.242 e. The van der Waals surface area contributed by atoms with Gasteiger partial charge in [0, 0.05) is 14.1 Å². The van der Waals surface area contributed by atoms with E-state index < -0.39 is 0 Å². The largest absolute Gasteiger partial charge is 0.347 e. The van der Waals surface area contributed by atoms with Crippen LogP contribution in [0.1, 0.15) is 5.69 Å². The Bertz CT molecular complexity index is 415. The molecule has 2 aromatic rings. The Morgan fingerprint density at radius 3 is 2.86 bits per heavy atom. The van der Waals surface area contributed by atoms with E-state index in [9.17, 15) is 0 Å². The van der Waals surface area contributed by atoms with Gasteiger partial charge >= 0.3 is 0 Å². The number of hydrogen-bond donors (Lipinski definition) is 1. The van der Waals surface area contributed by atoms with E-state index in [1.54, 1.807) is 21.9 Å². The Morgan fingerprint density at radius 2 is 2.29 bits per heavy atom. The molecule has 2 heterocycles. The summed E-state index contributed by atoms with van der Waals surface area (Å²) in [5.41, 5.74) is 0.984. The summed E-state index contributed by atoms with van der Waals surface area (Å²) >= 11 is 0. The number of anilines is 1. The number of rotatable bonds is 3. The van der Waals surface area contributed by atoms with Crippen LogP contribution in [0.4, 0.5) is 5.95 Å². The molecule has 0 aliphatic carbocycles. The molecule has 0 aliphatic rings. The highest BCUT2D eigenvalue weighted by molar-refractivity contribution is 5.21. The maximum Gasteiger partial charge on any atom is 0.242 e. The third-order valence-electron chi connectivity index (χ3n) is 1.84. The lowest BCUT2D eigenvalue weighted by Crippen LogP contribution is -2.06. The highest BCUT2D eigenvalue weighted by atomic mass is 15.4. The summed E-state index contributed by atoms with van der Waals surface area (Å²) in [6, 6.07) is 0. The second-order valence-corrected chi connectivity index (χ2v) is 2.94. The zero-order chi connectivity index (χ0) is 9.97. The van der Waals surface area contributed by atoms with Crippen molar-refractivity contribution < 1.29 is 0 Å². The van der Waals surface area contributed by atoms with Crippen molar-refractivity contribution in [3.63, 3.8) is 0 Å². The van der Waals surface area contributed by atoms with Gasteiger partial charge in [0.2, 0.25) is 5.95 Å². The average molecular weight is 193 g/mol. The second kappa shape index (κ2) is 3.44. The number of nitrogens with one attached hydrogen (secondary N) is 1. The summed E-state index contributed by atoms with van der Waals surface area (Å²) in [6.07, 6.45) is 3.35. The standard InChI is InChI=1S/C7H11N7/c1-13-5-9-7(11-13)8-3-6-4-10-12-14(6)2/h4-5H,3H2,1-2H3,(H,8,11). The molecule has 0 radical (unpaired) electrons. The minimum Gasteiger partial charge on any atom is -0.347 e. The summed E-state index contributed by atoms with van der Waals surface area (Å²) in [5.74, 6) is 0.605. The predicted molar refractivity (Wildman–Crippen MR) is 49.3 cm³/mol. The first kappa shape index (κ1) is 8.67. The molecule has 0 unspecified atom stereocenters. The third kappa shape index (κ3) is 1.70. The van der Waals surface area contributed by atoms with Gasteiger partial charge in [0.25, 0.3) is 0 Å². The lowest BCUT2D eigenvalue weighted by atomic mass is 10.5. The van der Waals surface area contributed by atoms with Crippen molar-refractivity contribution in [1.29, 1.82) is 0 Å². The molecule has 74 valence electrons. The molecule has 7 nitrogen and oxygen atoms in total. The molecule has 0 fully saturated rings. The van der Waals surface area contributed by atoms with Crippen LogP contribution in [0, 0.1) is 0 Å². The zero-order valence-corrected chi connectivity index (χ0v) is 8.05. The van der Waals surface area contributed by atoms with Crippen molar-refractivity contribution in [1.82, 2.24) is 29.8 Å². The lowest BCUT2D eigenvalue weighted by Gasteiger charge is -2.00. The molecule has 0 spiro atoms. The molecule has 1 N–H and O–H groups in total. The van der Waals surface area contributed by atoms with Crippen LogP contribution in [-0.2, 0) is 20.6 Å². The van der Waals surface area contributed by atoms with Gasteiger partial charge in [-0.05, 0) is 0 Å². The second-order valence-electron chi connectivity index (χ2n) is 2.94. The van der Waals surface area contributed by atoms with Crippen LogP contribution in [0.2, 0.25) is 0 Å². The minimum absolute atomic E-state index is 0.605. The van der Waals surface area contributed by atoms with Crippen molar-refractivity contribution in [2.45, 2.75) is 6.54 Å². The maximum atomic E-state index is 4.08. The summed E-state index contributed by atoms with van der Waals surface area (Å²) in [7, 11) is 3.67. The molecule has 0 saturated carbocycles. The summed E-state index contributed by atoms with van der Waals surface area (Å²) in [4.78, 5) is 4.04. The van der Waals surface area contributed by atoms with Gasteiger partial charge in [-0.25, -0.2) is 4.98 Å². The molecule has 0 amide bonds. The van der Waals surface area contributed by atoms with E-state index in [1.807, 2.05) is 14.1 Å². The molecule has 2 aromatic heterocycles. The first-order chi connectivity index (χ1) is 6.75. The van der Waals surface area contributed by atoms with Gasteiger partial charge < -0.3 is 5.32 Å². The van der Waals surface area contributed by atoms with Crippen molar-refractivity contribution in [3.05, 3.63) is 18.2 Å². The van der Waals surface area contributed by atoms with E-state index in [0.29, 0.717) is 12.5 Å². The van der Waals surface area contributed by atoms with Crippen molar-refractivity contribution in [2.75, 3.05) is 5.32 Å². The van der Waals surface area contributed by atoms with E-state index in [4.69, 9.17) is 0 Å². The molecule has 0 saturated heterocycles. The first-order valence-electron chi connectivity index (χ1n) is 4.19. The molecule has 0 atom stereocenters. The third-order valence-corrected chi connectivity index (χ3v) is 1.84. The van der Waals surface area contributed by atoms with Crippen LogP contribution in [0.25, 0.3) is 0 Å². The average Bonchev–Trinajstić information content (AvgIpc) is 2.72. The van der Waals surface area contributed by atoms with Crippen LogP contribution >= 0.6 is 0 Å². The van der Waals surface area contributed by atoms with Crippen molar-refractivity contribution >= 4 is 5.95 Å². The fraction of sp³-hybridized carbons (Fsp3) is 0.429. The maximum absolute atomic E-state index is 4.08. The van der Waals surface area contributed by atoms with Crippen LogP contribution in [-0.4, -0.2) is 29.8 Å². The van der Waals surface area contributed by atoms with Crippen molar-refractivity contribution in [2.24, 2.45) is 14.1 Å². The van der Waals surface area contributed by atoms with E-state index in [0.717, 1.165) is 5.69 Å². The van der Waals surface area contributed by atoms with Crippen LogP contribution in [0.15, 0.2) is 12.5 Å². The first-order valence-corrected chi connectivity index (χ1v) is 4.19. The molecular weight excluding hydrogens is 182 g/mol. The molecule has 14 heavy (non-hydrogen) atoms. The quantitative estimate of drug-likeness (QED) is 0.715. The number of hydrogen-bond acceptors (Lipinski definition) is 5. The zero-order valence-electron chi connectivity index (χ0n) is 8.05. The summed E-state index contributed by atoms with van der Waals surface area (Å²) in [5, 5.41) is 14.7. The number of nitrogens with zero attached hydrogens (tertiary/aromatic N) is 6. The van der Waals surface area contributed by atoms with E-state index >= 15 is 0 Å². The van der Waals surface area contributed by atoms with Crippen molar-refractivity contribution in [3.8, 4) is 0 Å². The van der Waals surface area contributed by atoms with Gasteiger partial charge in [0.1, 0.15) is 6.33 Å². The number of aryl methyl sites for hydroxylation is 2. The molecule has 7 heteroatoms. The summed E-state index contributed by atoms with van der Waals surface area (Å²) < 4.78 is 3.35. The Hall–Kier alpha value is -1.92. The van der Waals surface area contributed by atoms with Crippen LogP contribution in [0.3, 0.4) is 0 Å². The molecule has 0 bridgehead atoms. The van der Waals surface area contributed by atoms with Gasteiger partial charge in [-0.1, -0.05) is 5.21 Å². The molecule has 2 rings (SSSR count). The predicted octanol–water partition coefficient (Wildman–Crippen LogP) is -0.444. The molecule has 0 aromatic carbocycles. The van der Waals surface area contributed by atoms with Gasteiger partial charge in [0.15, 0.2) is 0 Å². The highest BCUT2D eigenvalue weighted by Crippen LogP contribution is 1.99. The normalized spacial score (nSPS) is 10.4. The Kier molecular flexibility index (Phi) is 2.13. The van der Waals surface area contributed by atoms with Crippen LogP contribution in [0.5, 0.6) is 0 Å². The van der Waals surface area contributed by atoms with E-state index in [-0.39, 0.29) is 0 Å². The van der Waals surface area contributed by atoms with Gasteiger partial charge in [0.05, 0.1) is 18.4 Å².